The van der Waals surface area contributed by atoms with Crippen LogP contribution in [0.2, 0.25) is 0 Å². The minimum atomic E-state index is -0.142. The van der Waals surface area contributed by atoms with E-state index in [1.807, 2.05) is 31.2 Å². The van der Waals surface area contributed by atoms with E-state index in [0.29, 0.717) is 17.9 Å². The van der Waals surface area contributed by atoms with Gasteiger partial charge >= 0.3 is 0 Å². The lowest BCUT2D eigenvalue weighted by Crippen LogP contribution is -2.15. The lowest BCUT2D eigenvalue weighted by atomic mass is 10.2. The van der Waals surface area contributed by atoms with E-state index in [9.17, 15) is 9.90 Å². The number of ether oxygens (including phenoxy) is 1. The molecule has 2 rings (SSSR count). The molecular weight excluding hydrogens is 266 g/mol. The lowest BCUT2D eigenvalue weighted by molar-refractivity contribution is -0.116. The van der Waals surface area contributed by atoms with Gasteiger partial charge in [-0.3, -0.25) is 4.79 Å². The number of phenolic OH excluding ortho intramolecular Hbond substituents is 1. The van der Waals surface area contributed by atoms with Crippen LogP contribution in [0.1, 0.15) is 17.5 Å². The van der Waals surface area contributed by atoms with Crippen LogP contribution in [-0.4, -0.2) is 17.6 Å². The first kappa shape index (κ1) is 14.9. The third-order valence-electron chi connectivity index (χ3n) is 3.17. The van der Waals surface area contributed by atoms with Gasteiger partial charge in [-0.15, -0.1) is 0 Å². The summed E-state index contributed by atoms with van der Waals surface area (Å²) in [7, 11) is 0. The van der Waals surface area contributed by atoms with E-state index in [1.165, 1.54) is 0 Å². The van der Waals surface area contributed by atoms with E-state index in [0.717, 1.165) is 11.3 Å². The van der Waals surface area contributed by atoms with E-state index in [4.69, 9.17) is 4.74 Å². The van der Waals surface area contributed by atoms with Crippen LogP contribution in [0.3, 0.4) is 0 Å². The molecule has 1 amide bonds. The number of benzene rings is 2. The van der Waals surface area contributed by atoms with Crippen molar-refractivity contribution in [2.75, 3.05) is 11.9 Å². The summed E-state index contributed by atoms with van der Waals surface area (Å²) >= 11 is 0. The second-order valence-electron chi connectivity index (χ2n) is 4.91. The number of rotatable bonds is 5. The van der Waals surface area contributed by atoms with Crippen LogP contribution in [0.4, 0.5) is 5.69 Å². The molecule has 2 aromatic carbocycles. The van der Waals surface area contributed by atoms with Gasteiger partial charge in [0.05, 0.1) is 13.0 Å². The summed E-state index contributed by atoms with van der Waals surface area (Å²) in [4.78, 5) is 11.9. The molecule has 4 heteroatoms. The van der Waals surface area contributed by atoms with Crippen molar-refractivity contribution < 1.29 is 14.6 Å². The van der Waals surface area contributed by atoms with Crippen molar-refractivity contribution in [2.24, 2.45) is 0 Å². The summed E-state index contributed by atoms with van der Waals surface area (Å²) < 4.78 is 5.54. The fourth-order valence-corrected chi connectivity index (χ4v) is 1.94. The van der Waals surface area contributed by atoms with E-state index >= 15 is 0 Å². The Morgan fingerprint density at radius 3 is 2.71 bits per heavy atom. The van der Waals surface area contributed by atoms with Crippen LogP contribution in [-0.2, 0) is 4.79 Å². The number of aromatic hydroxyl groups is 1. The maximum absolute atomic E-state index is 11.9. The fraction of sp³-hybridized carbons (Fsp3) is 0.235. The molecule has 0 atom stereocenters. The van der Waals surface area contributed by atoms with Crippen LogP contribution in [0.25, 0.3) is 0 Å². The molecule has 21 heavy (non-hydrogen) atoms. The van der Waals surface area contributed by atoms with Gasteiger partial charge in [-0.2, -0.15) is 0 Å². The number of hydrogen-bond acceptors (Lipinski definition) is 3. The molecule has 2 aromatic rings. The van der Waals surface area contributed by atoms with E-state index in [1.54, 1.807) is 25.1 Å². The Morgan fingerprint density at radius 2 is 1.95 bits per heavy atom. The van der Waals surface area contributed by atoms with Crippen LogP contribution < -0.4 is 10.1 Å². The molecule has 0 saturated carbocycles. The first-order valence-electron chi connectivity index (χ1n) is 6.84. The average molecular weight is 285 g/mol. The smallest absolute Gasteiger partial charge is 0.227 e. The highest BCUT2D eigenvalue weighted by atomic mass is 16.5. The molecule has 0 spiro atoms. The molecule has 0 saturated heterocycles. The Kier molecular flexibility index (Phi) is 4.82. The molecule has 0 aliphatic carbocycles. The van der Waals surface area contributed by atoms with Crippen molar-refractivity contribution >= 4 is 11.6 Å². The van der Waals surface area contributed by atoms with Crippen LogP contribution >= 0.6 is 0 Å². The third-order valence-corrected chi connectivity index (χ3v) is 3.17. The van der Waals surface area contributed by atoms with Gasteiger partial charge in [0.2, 0.25) is 5.91 Å². The summed E-state index contributed by atoms with van der Waals surface area (Å²) in [5.41, 5.74) is 2.40. The largest absolute Gasteiger partial charge is 0.508 e. The van der Waals surface area contributed by atoms with E-state index in [-0.39, 0.29) is 18.1 Å². The molecule has 4 nitrogen and oxygen atoms in total. The van der Waals surface area contributed by atoms with Crippen molar-refractivity contribution in [3.05, 3.63) is 53.6 Å². The highest BCUT2D eigenvalue weighted by molar-refractivity contribution is 5.91. The summed E-state index contributed by atoms with van der Waals surface area (Å²) in [5, 5.41) is 12.4. The van der Waals surface area contributed by atoms with Crippen LogP contribution in [0, 0.1) is 13.8 Å². The molecule has 0 bridgehead atoms. The predicted molar refractivity (Wildman–Crippen MR) is 82.8 cm³/mol. The van der Waals surface area contributed by atoms with Crippen LogP contribution in [0.15, 0.2) is 42.5 Å². The molecule has 0 fully saturated rings. The second-order valence-corrected chi connectivity index (χ2v) is 4.91. The van der Waals surface area contributed by atoms with Gasteiger partial charge in [-0.1, -0.05) is 18.2 Å². The number of aryl methyl sites for hydroxylation is 1. The first-order chi connectivity index (χ1) is 10.1. The number of phenols is 1. The fourth-order valence-electron chi connectivity index (χ4n) is 1.94. The first-order valence-corrected chi connectivity index (χ1v) is 6.84. The minimum Gasteiger partial charge on any atom is -0.508 e. The number of carbonyl (C=O) groups excluding carboxylic acids is 1. The van der Waals surface area contributed by atoms with Crippen molar-refractivity contribution in [2.45, 2.75) is 20.3 Å². The van der Waals surface area contributed by atoms with Gasteiger partial charge in [0.15, 0.2) is 0 Å². The number of hydrogen-bond donors (Lipinski definition) is 2. The maximum Gasteiger partial charge on any atom is 0.227 e. The Morgan fingerprint density at radius 1 is 1.19 bits per heavy atom. The normalized spacial score (nSPS) is 10.2. The van der Waals surface area contributed by atoms with Gasteiger partial charge in [-0.25, -0.2) is 0 Å². The Balaban J connectivity index is 1.84. The standard InChI is InChI=1S/C17H19NO3/c1-12-5-3-6-14(11-12)21-10-9-17(20)18-15-7-4-8-16(19)13(15)2/h3-8,11,19H,9-10H2,1-2H3,(H,18,20). The van der Waals surface area contributed by atoms with Gasteiger partial charge in [0, 0.05) is 11.3 Å². The van der Waals surface area contributed by atoms with Crippen molar-refractivity contribution in [1.29, 1.82) is 0 Å². The highest BCUT2D eigenvalue weighted by Gasteiger charge is 2.07. The van der Waals surface area contributed by atoms with Crippen LogP contribution in [0.5, 0.6) is 11.5 Å². The second kappa shape index (κ2) is 6.79. The Hall–Kier alpha value is -2.49. The zero-order chi connectivity index (χ0) is 15.2. The zero-order valence-electron chi connectivity index (χ0n) is 12.2. The molecule has 0 heterocycles. The summed E-state index contributed by atoms with van der Waals surface area (Å²) in [5.74, 6) is 0.788. The number of nitrogens with one attached hydrogen (secondary N) is 1. The molecule has 2 N–H and O–H groups in total. The SMILES string of the molecule is Cc1cccc(OCCC(=O)Nc2cccc(O)c2C)c1. The molecular formula is C17H19NO3. The predicted octanol–water partition coefficient (Wildman–Crippen LogP) is 3.42. The van der Waals surface area contributed by atoms with Crippen molar-refractivity contribution in [3.8, 4) is 11.5 Å². The van der Waals surface area contributed by atoms with Gasteiger partial charge < -0.3 is 15.2 Å². The molecule has 0 unspecified atom stereocenters. The van der Waals surface area contributed by atoms with Gasteiger partial charge in [-0.05, 0) is 43.7 Å². The van der Waals surface area contributed by atoms with Gasteiger partial charge in [0.25, 0.3) is 0 Å². The van der Waals surface area contributed by atoms with Crippen molar-refractivity contribution in [3.63, 3.8) is 0 Å². The zero-order valence-corrected chi connectivity index (χ0v) is 12.2. The maximum atomic E-state index is 11.9. The number of amides is 1. The van der Waals surface area contributed by atoms with E-state index in [2.05, 4.69) is 5.32 Å². The quantitative estimate of drug-likeness (QED) is 0.885. The summed E-state index contributed by atoms with van der Waals surface area (Å²) in [6.07, 6.45) is 0.253. The topological polar surface area (TPSA) is 58.6 Å². The molecule has 0 radical (unpaired) electrons. The molecule has 0 aliphatic rings. The molecule has 0 aliphatic heterocycles. The average Bonchev–Trinajstić information content (AvgIpc) is 2.44. The summed E-state index contributed by atoms with van der Waals surface area (Å²) in [6, 6.07) is 12.7. The lowest BCUT2D eigenvalue weighted by Gasteiger charge is -2.10. The Bertz CT molecular complexity index is 638. The Labute approximate surface area is 124 Å². The summed E-state index contributed by atoms with van der Waals surface area (Å²) in [6.45, 7) is 4.06. The number of carbonyl (C=O) groups is 1. The molecule has 110 valence electrons. The van der Waals surface area contributed by atoms with E-state index < -0.39 is 0 Å². The highest BCUT2D eigenvalue weighted by Crippen LogP contribution is 2.23. The van der Waals surface area contributed by atoms with Gasteiger partial charge in [0.1, 0.15) is 11.5 Å². The third kappa shape index (κ3) is 4.24. The molecule has 0 aromatic heterocycles. The minimum absolute atomic E-state index is 0.142. The number of anilines is 1. The van der Waals surface area contributed by atoms with Crippen molar-refractivity contribution in [1.82, 2.24) is 0 Å². The monoisotopic (exact) mass is 285 g/mol.